The molecule has 0 atom stereocenters. The summed E-state index contributed by atoms with van der Waals surface area (Å²) in [6.45, 7) is 2.63. The average Bonchev–Trinajstić information content (AvgIpc) is 2.72. The van der Waals surface area contributed by atoms with Gasteiger partial charge in [0, 0.05) is 28.3 Å². The van der Waals surface area contributed by atoms with Crippen molar-refractivity contribution in [1.82, 2.24) is 4.90 Å². The van der Waals surface area contributed by atoms with Crippen LogP contribution < -0.4 is 0 Å². The highest BCUT2D eigenvalue weighted by atomic mass is 79.9. The molecule has 100 valence electrons. The zero-order chi connectivity index (χ0) is 13.5. The fourth-order valence-electron chi connectivity index (χ4n) is 1.36. The largest absolute Gasteiger partial charge is 0.466 e. The van der Waals surface area contributed by atoms with Gasteiger partial charge in [-0.2, -0.15) is 0 Å². The van der Waals surface area contributed by atoms with Crippen LogP contribution in [-0.2, 0) is 20.7 Å². The van der Waals surface area contributed by atoms with Gasteiger partial charge in [-0.05, 0) is 35.3 Å². The normalized spacial score (nSPS) is 10.2. The first-order chi connectivity index (χ1) is 8.52. The molecule has 0 bridgehead atoms. The Morgan fingerprint density at radius 2 is 2.22 bits per heavy atom. The van der Waals surface area contributed by atoms with Crippen molar-refractivity contribution < 1.29 is 14.3 Å². The molecule has 1 amide bonds. The van der Waals surface area contributed by atoms with E-state index < -0.39 is 5.97 Å². The van der Waals surface area contributed by atoms with Crippen molar-refractivity contribution in [3.8, 4) is 0 Å². The van der Waals surface area contributed by atoms with E-state index in [4.69, 9.17) is 4.74 Å². The maximum atomic E-state index is 11.7. The zero-order valence-electron chi connectivity index (χ0n) is 10.4. The maximum absolute atomic E-state index is 11.7. The van der Waals surface area contributed by atoms with E-state index in [1.165, 1.54) is 4.88 Å². The van der Waals surface area contributed by atoms with Crippen molar-refractivity contribution >= 4 is 39.1 Å². The molecule has 4 nitrogen and oxygen atoms in total. The third-order valence-electron chi connectivity index (χ3n) is 2.34. The lowest BCUT2D eigenvalue weighted by atomic mass is 10.3. The second-order valence-electron chi connectivity index (χ2n) is 3.78. The van der Waals surface area contributed by atoms with E-state index in [0.29, 0.717) is 13.2 Å². The molecule has 1 aromatic heterocycles. The van der Waals surface area contributed by atoms with Crippen LogP contribution in [0.15, 0.2) is 15.9 Å². The van der Waals surface area contributed by atoms with Crippen LogP contribution in [0.3, 0.4) is 0 Å². The van der Waals surface area contributed by atoms with Gasteiger partial charge in [0.15, 0.2) is 0 Å². The SMILES string of the molecule is CCOC(=O)CC(=O)N(C)CCc1cc(Br)cs1. The molecule has 0 saturated carbocycles. The molecule has 1 aromatic rings. The molecule has 0 aliphatic rings. The van der Waals surface area contributed by atoms with E-state index in [0.717, 1.165) is 10.9 Å². The number of esters is 1. The quantitative estimate of drug-likeness (QED) is 0.593. The number of amides is 1. The Morgan fingerprint density at radius 1 is 1.50 bits per heavy atom. The first kappa shape index (κ1) is 15.2. The van der Waals surface area contributed by atoms with Gasteiger partial charge in [-0.1, -0.05) is 0 Å². The Labute approximate surface area is 119 Å². The van der Waals surface area contributed by atoms with Crippen LogP contribution in [0.25, 0.3) is 0 Å². The van der Waals surface area contributed by atoms with Gasteiger partial charge in [0.1, 0.15) is 6.42 Å². The van der Waals surface area contributed by atoms with Crippen molar-refractivity contribution in [3.05, 3.63) is 20.8 Å². The lowest BCUT2D eigenvalue weighted by Gasteiger charge is -2.16. The highest BCUT2D eigenvalue weighted by Gasteiger charge is 2.14. The Kier molecular flexibility index (Phi) is 6.35. The smallest absolute Gasteiger partial charge is 0.315 e. The van der Waals surface area contributed by atoms with Gasteiger partial charge in [0.05, 0.1) is 6.61 Å². The summed E-state index contributed by atoms with van der Waals surface area (Å²) in [7, 11) is 1.70. The van der Waals surface area contributed by atoms with E-state index in [1.807, 2.05) is 11.4 Å². The number of nitrogens with zero attached hydrogens (tertiary/aromatic N) is 1. The number of carbonyl (C=O) groups excluding carboxylic acids is 2. The number of likely N-dealkylation sites (N-methyl/N-ethyl adjacent to an activating group) is 1. The van der Waals surface area contributed by atoms with Gasteiger partial charge in [0.2, 0.25) is 5.91 Å². The summed E-state index contributed by atoms with van der Waals surface area (Å²) in [5.41, 5.74) is 0. The predicted octanol–water partition coefficient (Wildman–Crippen LogP) is 2.46. The first-order valence-corrected chi connectivity index (χ1v) is 7.32. The molecule has 18 heavy (non-hydrogen) atoms. The van der Waals surface area contributed by atoms with Gasteiger partial charge in [-0.15, -0.1) is 11.3 Å². The van der Waals surface area contributed by atoms with Crippen LogP contribution in [0.5, 0.6) is 0 Å². The Balaban J connectivity index is 2.33. The summed E-state index contributed by atoms with van der Waals surface area (Å²) >= 11 is 5.04. The molecule has 0 aromatic carbocycles. The minimum atomic E-state index is -0.465. The molecule has 6 heteroatoms. The molecule has 0 spiro atoms. The number of thiophene rings is 1. The number of rotatable bonds is 6. The van der Waals surface area contributed by atoms with Gasteiger partial charge < -0.3 is 9.64 Å². The molecule has 0 unspecified atom stereocenters. The van der Waals surface area contributed by atoms with Gasteiger partial charge in [0.25, 0.3) is 0 Å². The average molecular weight is 334 g/mol. The van der Waals surface area contributed by atoms with E-state index in [1.54, 1.807) is 30.2 Å². The molecule has 0 radical (unpaired) electrons. The van der Waals surface area contributed by atoms with E-state index in [-0.39, 0.29) is 12.3 Å². The first-order valence-electron chi connectivity index (χ1n) is 5.65. The predicted molar refractivity (Wildman–Crippen MR) is 74.6 cm³/mol. The topological polar surface area (TPSA) is 46.6 Å². The summed E-state index contributed by atoms with van der Waals surface area (Å²) in [6, 6.07) is 2.04. The van der Waals surface area contributed by atoms with Crippen molar-refractivity contribution in [2.45, 2.75) is 19.8 Å². The molecular weight excluding hydrogens is 318 g/mol. The van der Waals surface area contributed by atoms with Crippen LogP contribution in [0.2, 0.25) is 0 Å². The second kappa shape index (κ2) is 7.53. The molecule has 0 N–H and O–H groups in total. The summed E-state index contributed by atoms with van der Waals surface area (Å²) in [5.74, 6) is -0.669. The number of hydrogen-bond donors (Lipinski definition) is 0. The zero-order valence-corrected chi connectivity index (χ0v) is 12.8. The number of hydrogen-bond acceptors (Lipinski definition) is 4. The van der Waals surface area contributed by atoms with Crippen LogP contribution in [0.1, 0.15) is 18.2 Å². The van der Waals surface area contributed by atoms with E-state index >= 15 is 0 Å². The molecule has 1 heterocycles. The third-order valence-corrected chi connectivity index (χ3v) is 4.10. The lowest BCUT2D eigenvalue weighted by molar-refractivity contribution is -0.148. The number of ether oxygens (including phenoxy) is 1. The van der Waals surface area contributed by atoms with E-state index in [2.05, 4.69) is 15.9 Å². The Morgan fingerprint density at radius 3 is 2.78 bits per heavy atom. The van der Waals surface area contributed by atoms with Gasteiger partial charge in [-0.25, -0.2) is 0 Å². The second-order valence-corrected chi connectivity index (χ2v) is 5.69. The minimum Gasteiger partial charge on any atom is -0.466 e. The van der Waals surface area contributed by atoms with Crippen LogP contribution in [0.4, 0.5) is 0 Å². The van der Waals surface area contributed by atoms with Gasteiger partial charge in [-0.3, -0.25) is 9.59 Å². The van der Waals surface area contributed by atoms with Crippen molar-refractivity contribution in [3.63, 3.8) is 0 Å². The van der Waals surface area contributed by atoms with Crippen molar-refractivity contribution in [2.75, 3.05) is 20.2 Å². The highest BCUT2D eigenvalue weighted by Crippen LogP contribution is 2.20. The molecule has 0 fully saturated rings. The summed E-state index contributed by atoms with van der Waals surface area (Å²) in [5, 5.41) is 2.01. The van der Waals surface area contributed by atoms with Crippen molar-refractivity contribution in [1.29, 1.82) is 0 Å². The van der Waals surface area contributed by atoms with Crippen LogP contribution >= 0.6 is 27.3 Å². The summed E-state index contributed by atoms with van der Waals surface area (Å²) in [4.78, 5) is 25.6. The molecule has 0 aliphatic heterocycles. The Hall–Kier alpha value is -0.880. The molecule has 0 aliphatic carbocycles. The monoisotopic (exact) mass is 333 g/mol. The maximum Gasteiger partial charge on any atom is 0.315 e. The van der Waals surface area contributed by atoms with Crippen LogP contribution in [0, 0.1) is 0 Å². The van der Waals surface area contributed by atoms with Crippen LogP contribution in [-0.4, -0.2) is 37.0 Å². The highest BCUT2D eigenvalue weighted by molar-refractivity contribution is 9.10. The van der Waals surface area contributed by atoms with Gasteiger partial charge >= 0.3 is 5.97 Å². The standard InChI is InChI=1S/C12H16BrNO3S/c1-3-17-12(16)7-11(15)14(2)5-4-10-6-9(13)8-18-10/h6,8H,3-5,7H2,1-2H3. The lowest BCUT2D eigenvalue weighted by Crippen LogP contribution is -2.30. The number of carbonyl (C=O) groups is 2. The molecular formula is C12H16BrNO3S. The number of halogens is 1. The Bertz CT molecular complexity index is 419. The fourth-order valence-corrected chi connectivity index (χ4v) is 2.80. The minimum absolute atomic E-state index is 0.182. The van der Waals surface area contributed by atoms with E-state index in [9.17, 15) is 9.59 Å². The molecule has 0 saturated heterocycles. The summed E-state index contributed by atoms with van der Waals surface area (Å²) < 4.78 is 5.80. The molecule has 1 rings (SSSR count). The van der Waals surface area contributed by atoms with Crippen molar-refractivity contribution in [2.24, 2.45) is 0 Å². The summed E-state index contributed by atoms with van der Waals surface area (Å²) in [6.07, 6.45) is 0.611. The fraction of sp³-hybridized carbons (Fsp3) is 0.500. The third kappa shape index (κ3) is 5.18.